The van der Waals surface area contributed by atoms with Crippen molar-refractivity contribution in [2.75, 3.05) is 0 Å². The summed E-state index contributed by atoms with van der Waals surface area (Å²) >= 11 is 2.16. The smallest absolute Gasteiger partial charge is 0.152 e. The van der Waals surface area contributed by atoms with Gasteiger partial charge in [0.25, 0.3) is 0 Å². The van der Waals surface area contributed by atoms with E-state index >= 15 is 0 Å². The molecule has 1 aromatic heterocycles. The highest BCUT2D eigenvalue weighted by Gasteiger charge is 2.07. The van der Waals surface area contributed by atoms with Crippen molar-refractivity contribution in [3.8, 4) is 0 Å². The van der Waals surface area contributed by atoms with E-state index in [2.05, 4.69) is 27.6 Å². The summed E-state index contributed by atoms with van der Waals surface area (Å²) in [6, 6.07) is 0. The number of aromatic amines is 1. The van der Waals surface area contributed by atoms with Crippen LogP contribution in [0.3, 0.4) is 0 Å². The van der Waals surface area contributed by atoms with Gasteiger partial charge in [0.2, 0.25) is 0 Å². The molecule has 0 fully saturated rings. The third-order valence-corrected chi connectivity index (χ3v) is 2.85. The summed E-state index contributed by atoms with van der Waals surface area (Å²) in [6.07, 6.45) is 0.889. The Morgan fingerprint density at radius 2 is 2.00 bits per heavy atom. The zero-order valence-corrected chi connectivity index (χ0v) is 8.02. The fraction of sp³-hybridized carbons (Fsp3) is 0.286. The molecule has 1 aromatic rings. The Balaban J connectivity index is 3.33. The van der Waals surface area contributed by atoms with Crippen LogP contribution in [0, 0.1) is 17.4 Å². The molecule has 10 heavy (non-hydrogen) atoms. The molecule has 1 N–H and O–H groups in total. The van der Waals surface area contributed by atoms with Gasteiger partial charge in [0, 0.05) is 20.5 Å². The first-order valence-electron chi connectivity index (χ1n) is 2.96. The van der Waals surface area contributed by atoms with E-state index in [1.807, 2.05) is 13.8 Å². The summed E-state index contributed by atoms with van der Waals surface area (Å²) in [5.74, 6) is 0. The maximum Gasteiger partial charge on any atom is 0.152 e. The van der Waals surface area contributed by atoms with Gasteiger partial charge < -0.3 is 4.98 Å². The van der Waals surface area contributed by atoms with Crippen LogP contribution in [0.5, 0.6) is 0 Å². The monoisotopic (exact) mass is 249 g/mol. The van der Waals surface area contributed by atoms with Gasteiger partial charge in [-0.15, -0.1) is 0 Å². The number of carbonyl (C=O) groups is 1. The van der Waals surface area contributed by atoms with Crippen molar-refractivity contribution in [2.45, 2.75) is 13.8 Å². The second-order valence-corrected chi connectivity index (χ2v) is 3.30. The van der Waals surface area contributed by atoms with E-state index in [9.17, 15) is 4.79 Å². The van der Waals surface area contributed by atoms with Crippen molar-refractivity contribution >= 4 is 28.9 Å². The summed E-state index contributed by atoms with van der Waals surface area (Å²) in [4.78, 5) is 13.5. The molecule has 0 aromatic carbocycles. The van der Waals surface area contributed by atoms with Gasteiger partial charge in [-0.1, -0.05) is 0 Å². The molecule has 0 unspecified atom stereocenters. The number of aldehydes is 1. The second-order valence-electron chi connectivity index (χ2n) is 2.22. The predicted octanol–water partition coefficient (Wildman–Crippen LogP) is 2.05. The van der Waals surface area contributed by atoms with Crippen LogP contribution >= 0.6 is 22.6 Å². The summed E-state index contributed by atoms with van der Waals surface area (Å²) in [7, 11) is 0. The molecule has 0 spiro atoms. The van der Waals surface area contributed by atoms with Crippen molar-refractivity contribution < 1.29 is 4.79 Å². The number of aromatic nitrogens is 1. The Hall–Kier alpha value is -0.320. The van der Waals surface area contributed by atoms with Crippen molar-refractivity contribution in [3.05, 3.63) is 20.5 Å². The Bertz CT molecular complexity index is 265. The summed E-state index contributed by atoms with van der Waals surface area (Å²) in [5.41, 5.74) is 2.82. The molecule has 1 heterocycles. The third kappa shape index (κ3) is 1.10. The molecule has 54 valence electrons. The van der Waals surface area contributed by atoms with Crippen LogP contribution in [0.4, 0.5) is 0 Å². The van der Waals surface area contributed by atoms with Gasteiger partial charge in [-0.2, -0.15) is 0 Å². The number of halogens is 1. The standard InChI is InChI=1S/C7H8INO/c1-4-6(3-10)7(8)5(2)9-4/h3,9H,1-2H3. The normalized spacial score (nSPS) is 9.90. The van der Waals surface area contributed by atoms with Crippen molar-refractivity contribution in [1.82, 2.24) is 4.98 Å². The van der Waals surface area contributed by atoms with Crippen LogP contribution in [-0.2, 0) is 0 Å². The highest BCUT2D eigenvalue weighted by atomic mass is 127. The van der Waals surface area contributed by atoms with Gasteiger partial charge in [-0.25, -0.2) is 0 Å². The zero-order chi connectivity index (χ0) is 7.72. The average Bonchev–Trinajstić information content (AvgIpc) is 2.09. The molecule has 0 aliphatic carbocycles. The molecule has 0 saturated carbocycles. The van der Waals surface area contributed by atoms with Crippen LogP contribution in [-0.4, -0.2) is 11.3 Å². The lowest BCUT2D eigenvalue weighted by Gasteiger charge is -1.85. The van der Waals surface area contributed by atoms with E-state index in [0.717, 1.165) is 26.8 Å². The Morgan fingerprint density at radius 3 is 2.20 bits per heavy atom. The first-order chi connectivity index (χ1) is 4.66. The molecule has 0 saturated heterocycles. The van der Waals surface area contributed by atoms with Gasteiger partial charge in [0.05, 0.1) is 0 Å². The van der Waals surface area contributed by atoms with Gasteiger partial charge in [0.15, 0.2) is 6.29 Å². The van der Waals surface area contributed by atoms with E-state index in [1.54, 1.807) is 0 Å². The fourth-order valence-electron chi connectivity index (χ4n) is 0.910. The summed E-state index contributed by atoms with van der Waals surface area (Å²) in [6.45, 7) is 3.86. The lowest BCUT2D eigenvalue weighted by Crippen LogP contribution is -1.81. The maximum atomic E-state index is 10.4. The highest BCUT2D eigenvalue weighted by Crippen LogP contribution is 2.17. The van der Waals surface area contributed by atoms with Crippen LogP contribution in [0.2, 0.25) is 0 Å². The number of H-pyrrole nitrogens is 1. The quantitative estimate of drug-likeness (QED) is 0.599. The Kier molecular flexibility index (Phi) is 2.13. The van der Waals surface area contributed by atoms with Crippen LogP contribution in [0.15, 0.2) is 0 Å². The largest absolute Gasteiger partial charge is 0.361 e. The zero-order valence-electron chi connectivity index (χ0n) is 5.86. The second kappa shape index (κ2) is 2.74. The molecular formula is C7H8INO. The minimum atomic E-state index is 0.790. The van der Waals surface area contributed by atoms with Crippen LogP contribution in [0.1, 0.15) is 21.7 Å². The first kappa shape index (κ1) is 7.78. The van der Waals surface area contributed by atoms with E-state index < -0.39 is 0 Å². The molecule has 0 aliphatic rings. The van der Waals surface area contributed by atoms with Crippen molar-refractivity contribution in [2.24, 2.45) is 0 Å². The molecule has 3 heteroatoms. The first-order valence-corrected chi connectivity index (χ1v) is 4.04. The van der Waals surface area contributed by atoms with Gasteiger partial charge in [0.1, 0.15) is 0 Å². The Labute approximate surface area is 73.2 Å². The molecular weight excluding hydrogens is 241 g/mol. The molecule has 0 aliphatic heterocycles. The number of hydrogen-bond acceptors (Lipinski definition) is 1. The van der Waals surface area contributed by atoms with Crippen LogP contribution < -0.4 is 0 Å². The summed E-state index contributed by atoms with van der Waals surface area (Å²) in [5, 5.41) is 0. The predicted molar refractivity (Wildman–Crippen MR) is 48.4 cm³/mol. The summed E-state index contributed by atoms with van der Waals surface area (Å²) < 4.78 is 1.03. The van der Waals surface area contributed by atoms with Crippen molar-refractivity contribution in [3.63, 3.8) is 0 Å². The third-order valence-electron chi connectivity index (χ3n) is 1.46. The molecule has 1 rings (SSSR count). The SMILES string of the molecule is Cc1[nH]c(C)c(C=O)c1I. The van der Waals surface area contributed by atoms with Crippen molar-refractivity contribution in [1.29, 1.82) is 0 Å². The lowest BCUT2D eigenvalue weighted by atomic mass is 10.3. The van der Waals surface area contributed by atoms with E-state index in [4.69, 9.17) is 0 Å². The van der Waals surface area contributed by atoms with Gasteiger partial charge in [-0.3, -0.25) is 4.79 Å². The minimum Gasteiger partial charge on any atom is -0.361 e. The Morgan fingerprint density at radius 1 is 1.40 bits per heavy atom. The molecule has 2 nitrogen and oxygen atoms in total. The molecule has 0 bridgehead atoms. The van der Waals surface area contributed by atoms with E-state index in [0.29, 0.717) is 0 Å². The number of hydrogen-bond donors (Lipinski definition) is 1. The number of rotatable bonds is 1. The van der Waals surface area contributed by atoms with Crippen LogP contribution in [0.25, 0.3) is 0 Å². The molecule has 0 radical (unpaired) electrons. The topological polar surface area (TPSA) is 32.9 Å². The molecule has 0 amide bonds. The number of aryl methyl sites for hydroxylation is 2. The van der Waals surface area contributed by atoms with E-state index in [1.165, 1.54) is 0 Å². The lowest BCUT2D eigenvalue weighted by molar-refractivity contribution is 0.112. The average molecular weight is 249 g/mol. The minimum absolute atomic E-state index is 0.790. The van der Waals surface area contributed by atoms with Gasteiger partial charge in [-0.05, 0) is 36.4 Å². The molecule has 0 atom stereocenters. The maximum absolute atomic E-state index is 10.4. The number of nitrogens with one attached hydrogen (secondary N) is 1. The fourth-order valence-corrected chi connectivity index (χ4v) is 1.58. The van der Waals surface area contributed by atoms with E-state index in [-0.39, 0.29) is 0 Å². The number of carbonyl (C=O) groups excluding carboxylic acids is 1. The van der Waals surface area contributed by atoms with Gasteiger partial charge >= 0.3 is 0 Å². The highest BCUT2D eigenvalue weighted by molar-refractivity contribution is 14.1.